The molecule has 2 heterocycles. The Morgan fingerprint density at radius 2 is 1.89 bits per heavy atom. The molecule has 0 radical (unpaired) electrons. The summed E-state index contributed by atoms with van der Waals surface area (Å²) in [4.78, 5) is 8.96. The first-order valence-electron chi connectivity index (χ1n) is 11.1. The lowest BCUT2D eigenvalue weighted by Gasteiger charge is -2.26. The molecular formula is C24H27F3N4O4. The molecule has 0 unspecified atom stereocenters. The predicted molar refractivity (Wildman–Crippen MR) is 125 cm³/mol. The zero-order valence-electron chi connectivity index (χ0n) is 19.6. The fourth-order valence-electron chi connectivity index (χ4n) is 3.69. The van der Waals surface area contributed by atoms with Crippen molar-refractivity contribution >= 4 is 22.4 Å². The minimum Gasteiger partial charge on any atom is -0.493 e. The van der Waals surface area contributed by atoms with Crippen molar-refractivity contribution in [3.8, 4) is 11.5 Å². The molecule has 4 rings (SSSR count). The fourth-order valence-corrected chi connectivity index (χ4v) is 3.69. The molecule has 1 atom stereocenters. The summed E-state index contributed by atoms with van der Waals surface area (Å²) in [5.74, 6) is 1.90. The van der Waals surface area contributed by atoms with Crippen molar-refractivity contribution in [2.24, 2.45) is 0 Å². The van der Waals surface area contributed by atoms with Crippen molar-refractivity contribution in [2.45, 2.75) is 32.2 Å². The smallest absolute Gasteiger partial charge is 0.416 e. The molecule has 1 aliphatic rings. The van der Waals surface area contributed by atoms with E-state index in [4.69, 9.17) is 24.7 Å². The van der Waals surface area contributed by atoms with Gasteiger partial charge in [0.15, 0.2) is 11.5 Å². The molecule has 2 aromatic carbocycles. The maximum Gasteiger partial charge on any atom is 0.416 e. The standard InChI is InChI=1S/C24H27F3N4O4/c1-13(15-6-16(24(25,26)27)8-17(28)7-15)29-23-19-9-22(35-5-4-34-18-11-33-12-18)21(32-3)10-20(19)30-14(2)31-23/h6-10,13,18H,4-5,11-12,28H2,1-3H3,(H,29,30,31)/t13-/m1/s1. The van der Waals surface area contributed by atoms with Gasteiger partial charge in [0.25, 0.3) is 0 Å². The summed E-state index contributed by atoms with van der Waals surface area (Å²) < 4.78 is 61.9. The number of nitrogen functional groups attached to an aromatic ring is 1. The Bertz CT molecular complexity index is 1200. The summed E-state index contributed by atoms with van der Waals surface area (Å²) in [5, 5.41) is 3.83. The first-order chi connectivity index (χ1) is 16.6. The largest absolute Gasteiger partial charge is 0.493 e. The summed E-state index contributed by atoms with van der Waals surface area (Å²) in [6, 6.07) is 6.45. The molecule has 0 amide bonds. The van der Waals surface area contributed by atoms with Crippen LogP contribution in [0.1, 0.15) is 29.9 Å². The van der Waals surface area contributed by atoms with Gasteiger partial charge in [0.2, 0.25) is 0 Å². The highest BCUT2D eigenvalue weighted by atomic mass is 19.4. The molecule has 0 bridgehead atoms. The number of hydrogen-bond donors (Lipinski definition) is 2. The lowest BCUT2D eigenvalue weighted by Crippen LogP contribution is -2.37. The van der Waals surface area contributed by atoms with Crippen LogP contribution < -0.4 is 20.5 Å². The van der Waals surface area contributed by atoms with E-state index < -0.39 is 17.8 Å². The van der Waals surface area contributed by atoms with Gasteiger partial charge in [-0.15, -0.1) is 0 Å². The third-order valence-electron chi connectivity index (χ3n) is 5.55. The van der Waals surface area contributed by atoms with E-state index in [1.54, 1.807) is 26.0 Å². The Hall–Kier alpha value is -3.31. The van der Waals surface area contributed by atoms with Crippen molar-refractivity contribution in [1.82, 2.24) is 9.97 Å². The van der Waals surface area contributed by atoms with E-state index in [1.807, 2.05) is 0 Å². The van der Waals surface area contributed by atoms with Gasteiger partial charge >= 0.3 is 6.18 Å². The maximum absolute atomic E-state index is 13.3. The van der Waals surface area contributed by atoms with Crippen molar-refractivity contribution in [3.63, 3.8) is 0 Å². The maximum atomic E-state index is 13.3. The van der Waals surface area contributed by atoms with Crippen molar-refractivity contribution in [2.75, 3.05) is 44.6 Å². The van der Waals surface area contributed by atoms with Crippen LogP contribution in [0.5, 0.6) is 11.5 Å². The number of nitrogens with zero attached hydrogens (tertiary/aromatic N) is 2. The number of nitrogens with two attached hydrogens (primary N) is 1. The normalized spacial score (nSPS) is 15.0. The lowest BCUT2D eigenvalue weighted by atomic mass is 10.0. The number of halogens is 3. The topological polar surface area (TPSA) is 101 Å². The number of nitrogens with one attached hydrogen (secondary N) is 1. The highest BCUT2D eigenvalue weighted by Crippen LogP contribution is 2.36. The van der Waals surface area contributed by atoms with Crippen LogP contribution in [0.3, 0.4) is 0 Å². The zero-order valence-corrected chi connectivity index (χ0v) is 19.6. The molecule has 1 aliphatic heterocycles. The van der Waals surface area contributed by atoms with Crippen LogP contribution in [0, 0.1) is 6.92 Å². The quantitative estimate of drug-likeness (QED) is 0.332. The number of aryl methyl sites for hydroxylation is 1. The number of hydrogen-bond acceptors (Lipinski definition) is 8. The molecule has 1 fully saturated rings. The molecule has 1 aromatic heterocycles. The number of aromatic nitrogens is 2. The van der Waals surface area contributed by atoms with Crippen LogP contribution in [-0.2, 0) is 15.7 Å². The van der Waals surface area contributed by atoms with Gasteiger partial charge in [-0.2, -0.15) is 13.2 Å². The summed E-state index contributed by atoms with van der Waals surface area (Å²) in [5.41, 5.74) is 5.95. The Morgan fingerprint density at radius 3 is 2.54 bits per heavy atom. The van der Waals surface area contributed by atoms with E-state index in [0.29, 0.717) is 66.0 Å². The molecule has 35 heavy (non-hydrogen) atoms. The van der Waals surface area contributed by atoms with E-state index in [1.165, 1.54) is 13.2 Å². The molecule has 11 heteroatoms. The molecule has 3 aromatic rings. The molecule has 0 aliphatic carbocycles. The number of ether oxygens (including phenoxy) is 4. The molecule has 1 saturated heterocycles. The van der Waals surface area contributed by atoms with Crippen LogP contribution in [-0.4, -0.2) is 49.6 Å². The molecule has 188 valence electrons. The fraction of sp³-hybridized carbons (Fsp3) is 0.417. The van der Waals surface area contributed by atoms with E-state index in [0.717, 1.165) is 12.1 Å². The Balaban J connectivity index is 1.60. The zero-order chi connectivity index (χ0) is 25.2. The minimum atomic E-state index is -4.50. The van der Waals surface area contributed by atoms with E-state index in [2.05, 4.69) is 15.3 Å². The summed E-state index contributed by atoms with van der Waals surface area (Å²) in [7, 11) is 1.53. The minimum absolute atomic E-state index is 0.0308. The second-order valence-corrected chi connectivity index (χ2v) is 8.27. The van der Waals surface area contributed by atoms with Gasteiger partial charge in [-0.25, -0.2) is 9.97 Å². The number of rotatable bonds is 9. The van der Waals surface area contributed by atoms with Crippen LogP contribution >= 0.6 is 0 Å². The highest BCUT2D eigenvalue weighted by molar-refractivity contribution is 5.92. The van der Waals surface area contributed by atoms with Crippen LogP contribution in [0.15, 0.2) is 30.3 Å². The van der Waals surface area contributed by atoms with Crippen molar-refractivity contribution in [3.05, 3.63) is 47.3 Å². The van der Waals surface area contributed by atoms with Gasteiger partial charge in [-0.1, -0.05) is 0 Å². The molecule has 0 spiro atoms. The van der Waals surface area contributed by atoms with Gasteiger partial charge in [-0.3, -0.25) is 0 Å². The number of fused-ring (bicyclic) bond motifs is 1. The SMILES string of the molecule is COc1cc2nc(C)nc(N[C@H](C)c3cc(N)cc(C(F)(F)F)c3)c2cc1OCCOC1COC1. The molecule has 8 nitrogen and oxygen atoms in total. The van der Waals surface area contributed by atoms with Gasteiger partial charge in [0.05, 0.1) is 44.1 Å². The van der Waals surface area contributed by atoms with Crippen molar-refractivity contribution < 1.29 is 32.1 Å². The Kier molecular flexibility index (Phi) is 7.18. The Labute approximate surface area is 200 Å². The second-order valence-electron chi connectivity index (χ2n) is 8.27. The van der Waals surface area contributed by atoms with Crippen LogP contribution in [0.25, 0.3) is 10.9 Å². The lowest BCUT2D eigenvalue weighted by molar-refractivity contribution is -0.137. The van der Waals surface area contributed by atoms with Crippen LogP contribution in [0.4, 0.5) is 24.7 Å². The number of alkyl halides is 3. The Morgan fingerprint density at radius 1 is 1.11 bits per heavy atom. The number of anilines is 2. The number of methoxy groups -OCH3 is 1. The van der Waals surface area contributed by atoms with Gasteiger partial charge in [0, 0.05) is 17.1 Å². The molecular weight excluding hydrogens is 465 g/mol. The van der Waals surface area contributed by atoms with E-state index in [-0.39, 0.29) is 11.8 Å². The van der Waals surface area contributed by atoms with E-state index in [9.17, 15) is 13.2 Å². The van der Waals surface area contributed by atoms with Crippen LogP contribution in [0.2, 0.25) is 0 Å². The summed E-state index contributed by atoms with van der Waals surface area (Å²) in [6.45, 7) is 5.32. The second kappa shape index (κ2) is 10.1. The van der Waals surface area contributed by atoms with Crippen molar-refractivity contribution in [1.29, 1.82) is 0 Å². The molecule has 0 saturated carbocycles. The summed E-state index contributed by atoms with van der Waals surface area (Å²) >= 11 is 0. The third-order valence-corrected chi connectivity index (χ3v) is 5.55. The molecule has 3 N–H and O–H groups in total. The highest BCUT2D eigenvalue weighted by Gasteiger charge is 2.31. The summed E-state index contributed by atoms with van der Waals surface area (Å²) in [6.07, 6.45) is -4.41. The van der Waals surface area contributed by atoms with E-state index >= 15 is 0 Å². The third kappa shape index (κ3) is 5.85. The monoisotopic (exact) mass is 492 g/mol. The van der Waals surface area contributed by atoms with Gasteiger partial charge in [0.1, 0.15) is 24.4 Å². The predicted octanol–water partition coefficient (Wildman–Crippen LogP) is 4.52. The first kappa shape index (κ1) is 24.8. The average molecular weight is 492 g/mol. The van der Waals surface area contributed by atoms with Gasteiger partial charge in [-0.05, 0) is 43.7 Å². The first-order valence-corrected chi connectivity index (χ1v) is 11.1. The average Bonchev–Trinajstić information content (AvgIpc) is 2.76. The van der Waals surface area contributed by atoms with Gasteiger partial charge < -0.3 is 30.0 Å². The number of benzene rings is 2.